The van der Waals surface area contributed by atoms with Gasteiger partial charge >= 0.3 is 0 Å². The maximum absolute atomic E-state index is 6.07. The quantitative estimate of drug-likeness (QED) is 0.251. The van der Waals surface area contributed by atoms with Crippen molar-refractivity contribution in [2.24, 2.45) is 4.99 Å². The lowest BCUT2D eigenvalue weighted by atomic mass is 10.1. The molecule has 0 saturated carbocycles. The summed E-state index contributed by atoms with van der Waals surface area (Å²) < 4.78 is 6.07. The van der Waals surface area contributed by atoms with Crippen molar-refractivity contribution in [2.75, 3.05) is 25.0 Å². The van der Waals surface area contributed by atoms with Gasteiger partial charge in [0.25, 0.3) is 0 Å². The Morgan fingerprint density at radius 2 is 1.60 bits per heavy atom. The van der Waals surface area contributed by atoms with Crippen LogP contribution in [0.5, 0.6) is 5.75 Å². The predicted molar refractivity (Wildman–Crippen MR) is 137 cm³/mol. The fourth-order valence-electron chi connectivity index (χ4n) is 3.18. The smallest absolute Gasteiger partial charge is 0.191 e. The Kier molecular flexibility index (Phi) is 9.02. The Morgan fingerprint density at radius 3 is 2.23 bits per heavy atom. The summed E-state index contributed by atoms with van der Waals surface area (Å²) in [6, 6.07) is 16.8. The van der Waals surface area contributed by atoms with Crippen molar-refractivity contribution in [1.82, 2.24) is 10.6 Å². The van der Waals surface area contributed by atoms with Gasteiger partial charge in [-0.25, -0.2) is 0 Å². The van der Waals surface area contributed by atoms with Crippen LogP contribution in [0.25, 0.3) is 0 Å². The summed E-state index contributed by atoms with van der Waals surface area (Å²) in [6.45, 7) is 9.53. The van der Waals surface area contributed by atoms with Gasteiger partial charge in [-0.2, -0.15) is 0 Å². The Morgan fingerprint density at radius 1 is 0.967 bits per heavy atom. The number of para-hydroxylation sites is 1. The second kappa shape index (κ2) is 11.2. The molecule has 2 N–H and O–H groups in total. The van der Waals surface area contributed by atoms with E-state index in [0.29, 0.717) is 6.54 Å². The molecule has 0 aliphatic carbocycles. The number of anilines is 1. The van der Waals surface area contributed by atoms with Crippen LogP contribution >= 0.6 is 24.0 Å². The zero-order valence-electron chi connectivity index (χ0n) is 18.3. The van der Waals surface area contributed by atoms with E-state index in [1.54, 1.807) is 7.05 Å². The number of rotatable bonds is 6. The van der Waals surface area contributed by atoms with Crippen molar-refractivity contribution < 1.29 is 4.74 Å². The van der Waals surface area contributed by atoms with Gasteiger partial charge in [0.2, 0.25) is 0 Å². The predicted octanol–water partition coefficient (Wildman–Crippen LogP) is 4.72. The summed E-state index contributed by atoms with van der Waals surface area (Å²) in [7, 11) is 1.79. The fourth-order valence-corrected chi connectivity index (χ4v) is 3.18. The highest BCUT2D eigenvalue weighted by atomic mass is 127. The van der Waals surface area contributed by atoms with Crippen molar-refractivity contribution in [2.45, 2.75) is 39.5 Å². The monoisotopic (exact) mass is 520 g/mol. The second-order valence-corrected chi connectivity index (χ2v) is 8.14. The molecular weight excluding hydrogens is 487 g/mol. The van der Waals surface area contributed by atoms with E-state index >= 15 is 0 Å². The molecule has 30 heavy (non-hydrogen) atoms. The van der Waals surface area contributed by atoms with Gasteiger partial charge in [0.1, 0.15) is 11.4 Å². The van der Waals surface area contributed by atoms with Crippen LogP contribution in [0, 0.1) is 0 Å². The van der Waals surface area contributed by atoms with Crippen molar-refractivity contribution >= 4 is 35.6 Å². The number of aliphatic imine (C=N–C) groups is 1. The van der Waals surface area contributed by atoms with E-state index in [0.717, 1.165) is 36.9 Å². The third kappa shape index (κ3) is 7.23. The van der Waals surface area contributed by atoms with E-state index in [2.05, 4.69) is 83.8 Å². The lowest BCUT2D eigenvalue weighted by Crippen LogP contribution is -2.36. The van der Waals surface area contributed by atoms with Gasteiger partial charge < -0.3 is 20.3 Å². The molecule has 0 radical (unpaired) electrons. The van der Waals surface area contributed by atoms with Crippen LogP contribution in [-0.4, -0.2) is 31.7 Å². The molecule has 0 saturated heterocycles. The highest BCUT2D eigenvalue weighted by molar-refractivity contribution is 14.0. The first-order valence-corrected chi connectivity index (χ1v) is 10.1. The standard InChI is InChI=1S/C24H32N4O.HI/c1-24(2,3)29-22-10-6-5-9-20(22)18-27-23(25-4)26-17-19-11-13-21(14-12-19)28-15-7-8-16-28;/h5-14H,15-18H2,1-4H3,(H2,25,26,27);1H. The van der Waals surface area contributed by atoms with E-state index < -0.39 is 0 Å². The number of nitrogens with one attached hydrogen (secondary N) is 2. The normalized spacial score (nSPS) is 13.7. The highest BCUT2D eigenvalue weighted by Crippen LogP contribution is 2.23. The van der Waals surface area contributed by atoms with Crippen LogP contribution in [-0.2, 0) is 13.1 Å². The van der Waals surface area contributed by atoms with Gasteiger partial charge in [-0.3, -0.25) is 4.99 Å². The molecule has 162 valence electrons. The van der Waals surface area contributed by atoms with Gasteiger partial charge in [-0.1, -0.05) is 42.5 Å². The number of ether oxygens (including phenoxy) is 1. The first kappa shape index (κ1) is 24.1. The molecule has 0 amide bonds. The van der Waals surface area contributed by atoms with Gasteiger partial charge in [-0.05, 0) is 44.5 Å². The molecule has 0 aromatic heterocycles. The Labute approximate surface area is 197 Å². The summed E-state index contributed by atoms with van der Waals surface area (Å²) in [5.41, 5.74) is 3.36. The molecule has 1 heterocycles. The summed E-state index contributed by atoms with van der Waals surface area (Å²) in [5.74, 6) is 1.67. The van der Waals surface area contributed by atoms with Gasteiger partial charge in [0, 0.05) is 44.5 Å². The molecule has 2 aromatic carbocycles. The first-order valence-electron chi connectivity index (χ1n) is 10.1. The van der Waals surface area contributed by atoms with Crippen LogP contribution in [0.3, 0.4) is 0 Å². The summed E-state index contributed by atoms with van der Waals surface area (Å²) in [4.78, 5) is 6.68. The number of hydrogen-bond donors (Lipinski definition) is 2. The SMILES string of the molecule is CN=C(NCc1ccc(N2CC=CC2)cc1)NCc1ccccc1OC(C)(C)C.I. The van der Waals surface area contributed by atoms with Gasteiger partial charge in [0.05, 0.1) is 0 Å². The zero-order chi connectivity index (χ0) is 20.7. The van der Waals surface area contributed by atoms with E-state index in [-0.39, 0.29) is 29.6 Å². The molecular formula is C24H33IN4O. The minimum atomic E-state index is -0.229. The Bertz CT molecular complexity index is 848. The summed E-state index contributed by atoms with van der Waals surface area (Å²) in [5, 5.41) is 6.77. The number of hydrogen-bond acceptors (Lipinski definition) is 3. The second-order valence-electron chi connectivity index (χ2n) is 8.14. The summed E-state index contributed by atoms with van der Waals surface area (Å²) in [6.07, 6.45) is 4.41. The minimum absolute atomic E-state index is 0. The van der Waals surface area contributed by atoms with Crippen molar-refractivity contribution in [3.05, 3.63) is 71.8 Å². The molecule has 0 atom stereocenters. The van der Waals surface area contributed by atoms with Crippen molar-refractivity contribution in [1.29, 1.82) is 0 Å². The van der Waals surface area contributed by atoms with Crippen molar-refractivity contribution in [3.8, 4) is 5.75 Å². The third-order valence-electron chi connectivity index (χ3n) is 4.64. The lowest BCUT2D eigenvalue weighted by Gasteiger charge is -2.23. The van der Waals surface area contributed by atoms with E-state index in [1.165, 1.54) is 11.3 Å². The van der Waals surface area contributed by atoms with Crippen LogP contribution in [0.2, 0.25) is 0 Å². The average Bonchev–Trinajstić information content (AvgIpc) is 3.23. The highest BCUT2D eigenvalue weighted by Gasteiger charge is 2.14. The molecule has 2 aromatic rings. The van der Waals surface area contributed by atoms with Gasteiger partial charge in [0.15, 0.2) is 5.96 Å². The molecule has 0 spiro atoms. The molecule has 0 fully saturated rings. The fraction of sp³-hybridized carbons (Fsp3) is 0.375. The molecule has 5 nitrogen and oxygen atoms in total. The number of benzene rings is 2. The Hall–Kier alpha value is -2.22. The van der Waals surface area contributed by atoms with Gasteiger partial charge in [-0.15, -0.1) is 24.0 Å². The molecule has 1 aliphatic rings. The van der Waals surface area contributed by atoms with Crippen LogP contribution < -0.4 is 20.3 Å². The van der Waals surface area contributed by atoms with Crippen LogP contribution in [0.4, 0.5) is 5.69 Å². The minimum Gasteiger partial charge on any atom is -0.488 e. The largest absolute Gasteiger partial charge is 0.488 e. The number of nitrogens with zero attached hydrogens (tertiary/aromatic N) is 2. The third-order valence-corrected chi connectivity index (χ3v) is 4.64. The maximum atomic E-state index is 6.07. The number of guanidine groups is 1. The average molecular weight is 520 g/mol. The molecule has 3 rings (SSSR count). The maximum Gasteiger partial charge on any atom is 0.191 e. The van der Waals surface area contributed by atoms with Crippen LogP contribution in [0.1, 0.15) is 31.9 Å². The molecule has 6 heteroatoms. The van der Waals surface area contributed by atoms with Crippen LogP contribution in [0.15, 0.2) is 65.7 Å². The van der Waals surface area contributed by atoms with Crippen molar-refractivity contribution in [3.63, 3.8) is 0 Å². The Balaban J connectivity index is 0.00000320. The topological polar surface area (TPSA) is 48.9 Å². The zero-order valence-corrected chi connectivity index (χ0v) is 20.6. The van der Waals surface area contributed by atoms with E-state index in [4.69, 9.17) is 4.74 Å². The molecule has 0 bridgehead atoms. The number of halogens is 1. The molecule has 0 unspecified atom stereocenters. The summed E-state index contributed by atoms with van der Waals surface area (Å²) >= 11 is 0. The van der Waals surface area contributed by atoms with E-state index in [1.807, 2.05) is 18.2 Å². The first-order chi connectivity index (χ1) is 13.9. The lowest BCUT2D eigenvalue weighted by molar-refractivity contribution is 0.129. The van der Waals surface area contributed by atoms with E-state index in [9.17, 15) is 0 Å². The molecule has 1 aliphatic heterocycles.